The Labute approximate surface area is 112 Å². The van der Waals surface area contributed by atoms with Gasteiger partial charge in [-0.05, 0) is 38.1 Å². The minimum absolute atomic E-state index is 0.563. The molecule has 3 rings (SSSR count). The first-order valence-corrected chi connectivity index (χ1v) is 7.50. The lowest BCUT2D eigenvalue weighted by Crippen LogP contribution is -2.19. The molecule has 2 aromatic rings. The van der Waals surface area contributed by atoms with Gasteiger partial charge in [-0.3, -0.25) is 4.40 Å². The molecule has 98 valence electrons. The number of aromatic nitrogens is 2. The van der Waals surface area contributed by atoms with Gasteiger partial charge in [0.2, 0.25) is 0 Å². The number of hydrogen-bond donors (Lipinski definition) is 1. The van der Waals surface area contributed by atoms with Crippen LogP contribution in [0.15, 0.2) is 5.38 Å². The van der Waals surface area contributed by atoms with Crippen LogP contribution in [0.4, 0.5) is 0 Å². The Morgan fingerprint density at radius 1 is 1.50 bits per heavy atom. The lowest BCUT2D eigenvalue weighted by Gasteiger charge is -2.07. The van der Waals surface area contributed by atoms with E-state index in [1.165, 1.54) is 17.8 Å². The Balaban J connectivity index is 1.70. The predicted molar refractivity (Wildman–Crippen MR) is 76.1 cm³/mol. The smallest absolute Gasteiger partial charge is 0.194 e. The van der Waals surface area contributed by atoms with Gasteiger partial charge >= 0.3 is 0 Å². The molecule has 1 N–H and O–H groups in total. The highest BCUT2D eigenvalue weighted by molar-refractivity contribution is 7.15. The van der Waals surface area contributed by atoms with Gasteiger partial charge in [-0.15, -0.1) is 11.3 Å². The van der Waals surface area contributed by atoms with Gasteiger partial charge in [0.05, 0.1) is 11.4 Å². The molecule has 1 aliphatic rings. The molecular weight excluding hydrogens is 242 g/mol. The summed E-state index contributed by atoms with van der Waals surface area (Å²) >= 11 is 1.72. The fraction of sp³-hybridized carbons (Fsp3) is 0.643. The fourth-order valence-corrected chi connectivity index (χ4v) is 3.60. The average molecular weight is 263 g/mol. The molecule has 0 bridgehead atoms. The largest absolute Gasteiger partial charge is 0.311 e. The highest BCUT2D eigenvalue weighted by Gasteiger charge is 2.44. The van der Waals surface area contributed by atoms with Crippen LogP contribution in [0.2, 0.25) is 0 Å². The molecule has 18 heavy (non-hydrogen) atoms. The SMILES string of the molecule is Cc1nc2scc(C)n2c1CNCC1CC1(C)C. The maximum atomic E-state index is 4.62. The molecule has 0 aliphatic heterocycles. The molecule has 0 aromatic carbocycles. The number of imidazole rings is 1. The molecule has 1 aliphatic carbocycles. The summed E-state index contributed by atoms with van der Waals surface area (Å²) in [4.78, 5) is 5.74. The Kier molecular flexibility index (Phi) is 2.75. The van der Waals surface area contributed by atoms with E-state index in [0.717, 1.165) is 29.7 Å². The topological polar surface area (TPSA) is 29.3 Å². The second kappa shape index (κ2) is 4.07. The van der Waals surface area contributed by atoms with Crippen molar-refractivity contribution < 1.29 is 0 Å². The zero-order chi connectivity index (χ0) is 12.9. The number of thiazole rings is 1. The zero-order valence-corrected chi connectivity index (χ0v) is 12.4. The van der Waals surface area contributed by atoms with Gasteiger partial charge in [0.15, 0.2) is 4.96 Å². The van der Waals surface area contributed by atoms with Crippen molar-refractivity contribution in [1.29, 1.82) is 0 Å². The molecule has 1 fully saturated rings. The molecule has 1 atom stereocenters. The van der Waals surface area contributed by atoms with Gasteiger partial charge < -0.3 is 5.32 Å². The number of hydrogen-bond acceptors (Lipinski definition) is 3. The Morgan fingerprint density at radius 2 is 2.22 bits per heavy atom. The second-order valence-corrected chi connectivity index (χ2v) is 7.00. The van der Waals surface area contributed by atoms with Crippen molar-refractivity contribution in [3.63, 3.8) is 0 Å². The first kappa shape index (κ1) is 12.2. The van der Waals surface area contributed by atoms with Crippen LogP contribution in [0, 0.1) is 25.2 Å². The molecule has 0 spiro atoms. The highest BCUT2D eigenvalue weighted by Crippen LogP contribution is 2.50. The summed E-state index contributed by atoms with van der Waals surface area (Å²) in [5.74, 6) is 0.852. The Bertz CT molecular complexity index is 579. The van der Waals surface area contributed by atoms with E-state index in [1.54, 1.807) is 11.3 Å². The molecule has 2 aromatic heterocycles. The van der Waals surface area contributed by atoms with E-state index in [1.807, 2.05) is 0 Å². The van der Waals surface area contributed by atoms with Crippen LogP contribution in [-0.4, -0.2) is 15.9 Å². The minimum atomic E-state index is 0.563. The van der Waals surface area contributed by atoms with Crippen LogP contribution in [0.5, 0.6) is 0 Å². The molecule has 2 heterocycles. The third kappa shape index (κ3) is 1.97. The van der Waals surface area contributed by atoms with Crippen LogP contribution in [0.3, 0.4) is 0 Å². The average Bonchev–Trinajstić information content (AvgIpc) is 2.63. The van der Waals surface area contributed by atoms with Gasteiger partial charge in [-0.2, -0.15) is 0 Å². The summed E-state index contributed by atoms with van der Waals surface area (Å²) in [5, 5.41) is 5.78. The van der Waals surface area contributed by atoms with Crippen molar-refractivity contribution in [3.8, 4) is 0 Å². The first-order valence-electron chi connectivity index (χ1n) is 6.62. The third-order valence-electron chi connectivity index (χ3n) is 4.23. The van der Waals surface area contributed by atoms with E-state index in [4.69, 9.17) is 0 Å². The van der Waals surface area contributed by atoms with E-state index in [0.29, 0.717) is 5.41 Å². The molecule has 0 amide bonds. The summed E-state index contributed by atoms with van der Waals surface area (Å²) in [7, 11) is 0. The maximum Gasteiger partial charge on any atom is 0.194 e. The summed E-state index contributed by atoms with van der Waals surface area (Å²) in [6, 6.07) is 0. The minimum Gasteiger partial charge on any atom is -0.311 e. The van der Waals surface area contributed by atoms with Crippen molar-refractivity contribution in [1.82, 2.24) is 14.7 Å². The van der Waals surface area contributed by atoms with Crippen LogP contribution >= 0.6 is 11.3 Å². The molecule has 3 nitrogen and oxygen atoms in total. The van der Waals surface area contributed by atoms with E-state index >= 15 is 0 Å². The predicted octanol–water partition coefficient (Wildman–Crippen LogP) is 3.15. The second-order valence-electron chi connectivity index (χ2n) is 6.16. The van der Waals surface area contributed by atoms with Crippen LogP contribution in [0.25, 0.3) is 4.96 Å². The fourth-order valence-electron chi connectivity index (χ4n) is 2.67. The van der Waals surface area contributed by atoms with Crippen molar-refractivity contribution in [2.75, 3.05) is 6.54 Å². The Morgan fingerprint density at radius 3 is 2.89 bits per heavy atom. The molecule has 1 saturated carbocycles. The number of fused-ring (bicyclic) bond motifs is 1. The normalized spacial score (nSPS) is 21.7. The van der Waals surface area contributed by atoms with E-state index in [2.05, 4.69) is 47.8 Å². The summed E-state index contributed by atoms with van der Waals surface area (Å²) in [5.41, 5.74) is 4.33. The van der Waals surface area contributed by atoms with Gasteiger partial charge in [0, 0.05) is 17.6 Å². The van der Waals surface area contributed by atoms with Gasteiger partial charge in [-0.25, -0.2) is 4.98 Å². The highest BCUT2D eigenvalue weighted by atomic mass is 32.1. The number of rotatable bonds is 4. The monoisotopic (exact) mass is 263 g/mol. The third-order valence-corrected chi connectivity index (χ3v) is 5.17. The van der Waals surface area contributed by atoms with Crippen molar-refractivity contribution >= 4 is 16.3 Å². The maximum absolute atomic E-state index is 4.62. The zero-order valence-electron chi connectivity index (χ0n) is 11.6. The Hall–Kier alpha value is -0.870. The van der Waals surface area contributed by atoms with Gasteiger partial charge in [0.1, 0.15) is 0 Å². The summed E-state index contributed by atoms with van der Waals surface area (Å²) in [6.45, 7) is 11.0. The molecular formula is C14H21N3S. The van der Waals surface area contributed by atoms with Crippen molar-refractivity contribution in [3.05, 3.63) is 22.5 Å². The lowest BCUT2D eigenvalue weighted by molar-refractivity contribution is 0.516. The number of aryl methyl sites for hydroxylation is 2. The number of nitrogens with zero attached hydrogens (tertiary/aromatic N) is 2. The van der Waals surface area contributed by atoms with Gasteiger partial charge in [-0.1, -0.05) is 13.8 Å². The van der Waals surface area contributed by atoms with E-state index in [9.17, 15) is 0 Å². The van der Waals surface area contributed by atoms with Crippen LogP contribution < -0.4 is 5.32 Å². The standard InChI is InChI=1S/C14H21N3S/c1-9-8-18-13-16-10(2)12(17(9)13)7-15-6-11-5-14(11,3)4/h8,11,15H,5-7H2,1-4H3. The molecule has 0 saturated heterocycles. The van der Waals surface area contributed by atoms with Crippen molar-refractivity contribution in [2.24, 2.45) is 11.3 Å². The van der Waals surface area contributed by atoms with Gasteiger partial charge in [0.25, 0.3) is 0 Å². The van der Waals surface area contributed by atoms with E-state index in [-0.39, 0.29) is 0 Å². The molecule has 4 heteroatoms. The first-order chi connectivity index (χ1) is 8.49. The van der Waals surface area contributed by atoms with Crippen LogP contribution in [-0.2, 0) is 6.54 Å². The number of nitrogens with one attached hydrogen (secondary N) is 1. The van der Waals surface area contributed by atoms with E-state index < -0.39 is 0 Å². The molecule has 1 unspecified atom stereocenters. The summed E-state index contributed by atoms with van der Waals surface area (Å²) < 4.78 is 2.28. The van der Waals surface area contributed by atoms with Crippen LogP contribution in [0.1, 0.15) is 37.4 Å². The lowest BCUT2D eigenvalue weighted by atomic mass is 10.1. The van der Waals surface area contributed by atoms with Crippen molar-refractivity contribution in [2.45, 2.75) is 40.7 Å². The molecule has 0 radical (unpaired) electrons. The summed E-state index contributed by atoms with van der Waals surface area (Å²) in [6.07, 6.45) is 1.36. The quantitative estimate of drug-likeness (QED) is 0.918.